The van der Waals surface area contributed by atoms with Crippen LogP contribution in [0, 0.1) is 0 Å². The molecule has 0 saturated heterocycles. The number of rotatable bonds is 2. The van der Waals surface area contributed by atoms with Gasteiger partial charge in [-0.3, -0.25) is 0 Å². The molecule has 0 aliphatic rings. The third kappa shape index (κ3) is 2.58. The van der Waals surface area contributed by atoms with Crippen molar-refractivity contribution >= 4 is 40.8 Å². The van der Waals surface area contributed by atoms with Gasteiger partial charge >= 0.3 is 5.97 Å². The molecule has 0 radical (unpaired) electrons. The largest absolute Gasteiger partial charge is 0.476 e. The predicted octanol–water partition coefficient (Wildman–Crippen LogP) is 4.41. The van der Waals surface area contributed by atoms with Crippen LogP contribution >= 0.6 is 34.8 Å². The van der Waals surface area contributed by atoms with Crippen LogP contribution in [0.2, 0.25) is 15.1 Å². The molecule has 0 unspecified atom stereocenters. The molecule has 0 aliphatic heterocycles. The van der Waals surface area contributed by atoms with Crippen molar-refractivity contribution in [2.75, 3.05) is 0 Å². The molecule has 2 rings (SSSR count). The van der Waals surface area contributed by atoms with Crippen LogP contribution in [0.5, 0.6) is 0 Å². The summed E-state index contributed by atoms with van der Waals surface area (Å²) >= 11 is 17.7. The minimum atomic E-state index is -1.15. The van der Waals surface area contributed by atoms with E-state index in [0.29, 0.717) is 26.2 Å². The first-order valence-electron chi connectivity index (χ1n) is 4.83. The minimum absolute atomic E-state index is 0.108. The molecule has 6 heteroatoms. The molecule has 1 N–H and O–H groups in total. The lowest BCUT2D eigenvalue weighted by molar-refractivity contribution is 0.0691. The lowest BCUT2D eigenvalue weighted by Gasteiger charge is -2.08. The topological polar surface area (TPSA) is 50.2 Å². The summed E-state index contributed by atoms with van der Waals surface area (Å²) in [6.07, 6.45) is 1.28. The summed E-state index contributed by atoms with van der Waals surface area (Å²) in [5, 5.41) is 10.2. The summed E-state index contributed by atoms with van der Waals surface area (Å²) in [6.45, 7) is 0. The minimum Gasteiger partial charge on any atom is -0.476 e. The van der Waals surface area contributed by atoms with Gasteiger partial charge in [-0.05, 0) is 18.2 Å². The molecule has 18 heavy (non-hydrogen) atoms. The third-order valence-corrected chi connectivity index (χ3v) is 3.03. The number of nitrogens with zero attached hydrogens (tertiary/aromatic N) is 1. The Balaban J connectivity index is 2.69. The lowest BCUT2D eigenvalue weighted by Crippen LogP contribution is -2.03. The van der Waals surface area contributed by atoms with E-state index in [2.05, 4.69) is 4.98 Å². The van der Waals surface area contributed by atoms with Gasteiger partial charge < -0.3 is 5.11 Å². The van der Waals surface area contributed by atoms with E-state index in [9.17, 15) is 4.79 Å². The maximum absolute atomic E-state index is 11.1. The average molecular weight is 303 g/mol. The van der Waals surface area contributed by atoms with E-state index in [1.165, 1.54) is 18.3 Å². The van der Waals surface area contributed by atoms with Crippen molar-refractivity contribution in [3.63, 3.8) is 0 Å². The monoisotopic (exact) mass is 301 g/mol. The van der Waals surface area contributed by atoms with Crippen LogP contribution in [-0.4, -0.2) is 16.1 Å². The molecule has 0 atom stereocenters. The fraction of sp³-hybridized carbons (Fsp3) is 0. The summed E-state index contributed by atoms with van der Waals surface area (Å²) in [7, 11) is 0. The van der Waals surface area contributed by atoms with Gasteiger partial charge in [0.2, 0.25) is 0 Å². The maximum Gasteiger partial charge on any atom is 0.355 e. The first-order chi connectivity index (χ1) is 8.49. The normalized spacial score (nSPS) is 10.4. The van der Waals surface area contributed by atoms with E-state index in [1.807, 2.05) is 0 Å². The molecule has 92 valence electrons. The van der Waals surface area contributed by atoms with Crippen molar-refractivity contribution in [2.24, 2.45) is 0 Å². The number of aromatic carboxylic acids is 1. The third-order valence-electron chi connectivity index (χ3n) is 2.28. The number of benzene rings is 1. The summed E-state index contributed by atoms with van der Waals surface area (Å²) in [6, 6.07) is 6.29. The van der Waals surface area contributed by atoms with Gasteiger partial charge in [-0.2, -0.15) is 0 Å². The molecule has 1 aromatic heterocycles. The Morgan fingerprint density at radius 1 is 1.06 bits per heavy atom. The molecule has 0 aliphatic carbocycles. The average Bonchev–Trinajstić information content (AvgIpc) is 2.28. The zero-order valence-electron chi connectivity index (χ0n) is 8.82. The summed E-state index contributed by atoms with van der Waals surface area (Å²) in [5.41, 5.74) is 0.772. The molecule has 0 saturated carbocycles. The summed E-state index contributed by atoms with van der Waals surface area (Å²) in [4.78, 5) is 14.9. The standard InChI is InChI=1S/C12H6Cl3NO2/c13-6-1-2-8(10(15)4-6)9-3-7(14)5-16-11(9)12(17)18/h1-5H,(H,17,18). The highest BCUT2D eigenvalue weighted by Gasteiger charge is 2.16. The maximum atomic E-state index is 11.1. The van der Waals surface area contributed by atoms with Crippen LogP contribution in [0.3, 0.4) is 0 Å². The van der Waals surface area contributed by atoms with Crippen molar-refractivity contribution in [2.45, 2.75) is 0 Å². The Morgan fingerprint density at radius 3 is 2.39 bits per heavy atom. The zero-order valence-corrected chi connectivity index (χ0v) is 11.1. The predicted molar refractivity (Wildman–Crippen MR) is 71.7 cm³/mol. The Labute approximate surface area is 118 Å². The molecule has 0 spiro atoms. The Morgan fingerprint density at radius 2 is 1.78 bits per heavy atom. The second kappa shape index (κ2) is 5.14. The van der Waals surface area contributed by atoms with Crippen LogP contribution < -0.4 is 0 Å². The molecule has 0 bridgehead atoms. The van der Waals surface area contributed by atoms with Crippen molar-refractivity contribution in [1.82, 2.24) is 4.98 Å². The second-order valence-electron chi connectivity index (χ2n) is 3.48. The molecule has 3 nitrogen and oxygen atoms in total. The van der Waals surface area contributed by atoms with Gasteiger partial charge in [-0.25, -0.2) is 9.78 Å². The summed E-state index contributed by atoms with van der Waals surface area (Å²) in [5.74, 6) is -1.15. The number of carboxylic acids is 1. The number of pyridine rings is 1. The van der Waals surface area contributed by atoms with E-state index in [4.69, 9.17) is 39.9 Å². The van der Waals surface area contributed by atoms with Gasteiger partial charge in [-0.1, -0.05) is 40.9 Å². The van der Waals surface area contributed by atoms with E-state index in [1.54, 1.807) is 12.1 Å². The zero-order chi connectivity index (χ0) is 13.3. The Hall–Kier alpha value is -1.29. The highest BCUT2D eigenvalue weighted by atomic mass is 35.5. The molecule has 0 amide bonds. The van der Waals surface area contributed by atoms with E-state index < -0.39 is 5.97 Å². The van der Waals surface area contributed by atoms with E-state index in [0.717, 1.165) is 0 Å². The number of aromatic nitrogens is 1. The van der Waals surface area contributed by atoms with Crippen LogP contribution in [0.15, 0.2) is 30.5 Å². The molecular formula is C12H6Cl3NO2. The van der Waals surface area contributed by atoms with Crippen LogP contribution in [-0.2, 0) is 0 Å². The van der Waals surface area contributed by atoms with Crippen LogP contribution in [0.4, 0.5) is 0 Å². The molecule has 0 fully saturated rings. The lowest BCUT2D eigenvalue weighted by atomic mass is 10.0. The number of halogens is 3. The van der Waals surface area contributed by atoms with Crippen molar-refractivity contribution in [1.29, 1.82) is 0 Å². The highest BCUT2D eigenvalue weighted by Crippen LogP contribution is 2.33. The van der Waals surface area contributed by atoms with E-state index in [-0.39, 0.29) is 5.69 Å². The molecule has 1 heterocycles. The number of hydrogen-bond donors (Lipinski definition) is 1. The van der Waals surface area contributed by atoms with Crippen molar-refractivity contribution < 1.29 is 9.90 Å². The highest BCUT2D eigenvalue weighted by molar-refractivity contribution is 6.36. The van der Waals surface area contributed by atoms with Gasteiger partial charge in [-0.15, -0.1) is 0 Å². The van der Waals surface area contributed by atoms with Crippen molar-refractivity contribution in [3.05, 3.63) is 51.2 Å². The quantitative estimate of drug-likeness (QED) is 0.894. The Kier molecular flexibility index (Phi) is 3.76. The molecule has 1 aromatic carbocycles. The van der Waals surface area contributed by atoms with Crippen molar-refractivity contribution in [3.8, 4) is 11.1 Å². The van der Waals surface area contributed by atoms with Gasteiger partial charge in [0.05, 0.1) is 5.02 Å². The fourth-order valence-electron chi connectivity index (χ4n) is 1.52. The fourth-order valence-corrected chi connectivity index (χ4v) is 2.19. The number of hydrogen-bond acceptors (Lipinski definition) is 2. The SMILES string of the molecule is O=C(O)c1ncc(Cl)cc1-c1ccc(Cl)cc1Cl. The Bertz CT molecular complexity index is 629. The van der Waals surface area contributed by atoms with Crippen LogP contribution in [0.25, 0.3) is 11.1 Å². The second-order valence-corrected chi connectivity index (χ2v) is 4.76. The van der Waals surface area contributed by atoms with Crippen LogP contribution in [0.1, 0.15) is 10.5 Å². The first-order valence-corrected chi connectivity index (χ1v) is 5.96. The van der Waals surface area contributed by atoms with Gasteiger partial charge in [0.25, 0.3) is 0 Å². The van der Waals surface area contributed by atoms with Gasteiger partial charge in [0.15, 0.2) is 5.69 Å². The van der Waals surface area contributed by atoms with E-state index >= 15 is 0 Å². The van der Waals surface area contributed by atoms with Gasteiger partial charge in [0.1, 0.15) is 0 Å². The molecule has 2 aromatic rings. The van der Waals surface area contributed by atoms with Gasteiger partial charge in [0, 0.05) is 27.4 Å². The smallest absolute Gasteiger partial charge is 0.355 e. The molecular weight excluding hydrogens is 296 g/mol. The number of carboxylic acid groups (broad SMARTS) is 1. The number of carbonyl (C=O) groups is 1. The summed E-state index contributed by atoms with van der Waals surface area (Å²) < 4.78 is 0. The first kappa shape index (κ1) is 13.1.